The van der Waals surface area contributed by atoms with Crippen molar-refractivity contribution in [3.63, 3.8) is 0 Å². The first-order valence-electron chi connectivity index (χ1n) is 5.97. The molecule has 1 unspecified atom stereocenters. The molecule has 5 heteroatoms. The summed E-state index contributed by atoms with van der Waals surface area (Å²) >= 11 is 3.30. The Morgan fingerprint density at radius 2 is 2.00 bits per heavy atom. The summed E-state index contributed by atoms with van der Waals surface area (Å²) in [5.74, 6) is -1.35. The van der Waals surface area contributed by atoms with E-state index in [2.05, 4.69) is 15.9 Å². The van der Waals surface area contributed by atoms with Crippen LogP contribution in [0.1, 0.15) is 17.2 Å². The fourth-order valence-corrected chi connectivity index (χ4v) is 2.37. The zero-order valence-electron chi connectivity index (χ0n) is 10.7. The third-order valence-electron chi connectivity index (χ3n) is 3.00. The summed E-state index contributed by atoms with van der Waals surface area (Å²) in [5, 5.41) is 10.2. The third kappa shape index (κ3) is 3.16. The molecule has 0 aromatic heterocycles. The summed E-state index contributed by atoms with van der Waals surface area (Å²) in [5.41, 5.74) is 0.644. The van der Waals surface area contributed by atoms with Crippen molar-refractivity contribution < 1.29 is 18.6 Å². The summed E-state index contributed by atoms with van der Waals surface area (Å²) in [4.78, 5) is 0. The molecule has 0 aliphatic heterocycles. The van der Waals surface area contributed by atoms with Crippen molar-refractivity contribution in [1.82, 2.24) is 0 Å². The van der Waals surface area contributed by atoms with E-state index in [9.17, 15) is 13.9 Å². The maximum atomic E-state index is 13.6. The van der Waals surface area contributed by atoms with Gasteiger partial charge in [-0.2, -0.15) is 0 Å². The van der Waals surface area contributed by atoms with Gasteiger partial charge in [0.1, 0.15) is 5.75 Å². The van der Waals surface area contributed by atoms with Crippen LogP contribution in [-0.4, -0.2) is 12.2 Å². The van der Waals surface area contributed by atoms with Crippen LogP contribution < -0.4 is 4.74 Å². The molecule has 0 aliphatic carbocycles. The number of hydrogen-bond acceptors (Lipinski definition) is 2. The minimum Gasteiger partial charge on any atom is -0.496 e. The summed E-state index contributed by atoms with van der Waals surface area (Å²) in [6.07, 6.45) is -1.02. The van der Waals surface area contributed by atoms with Crippen LogP contribution >= 0.6 is 15.9 Å². The Morgan fingerprint density at radius 3 is 2.70 bits per heavy atom. The average molecular weight is 343 g/mol. The number of aliphatic hydroxyl groups is 1. The number of methoxy groups -OCH3 is 1. The van der Waals surface area contributed by atoms with Crippen LogP contribution in [-0.2, 0) is 6.42 Å². The van der Waals surface area contributed by atoms with Crippen molar-refractivity contribution in [2.24, 2.45) is 0 Å². The zero-order valence-corrected chi connectivity index (χ0v) is 12.3. The largest absolute Gasteiger partial charge is 0.496 e. The number of benzene rings is 2. The predicted molar refractivity (Wildman–Crippen MR) is 75.7 cm³/mol. The molecule has 2 nitrogen and oxygen atoms in total. The molecule has 0 saturated heterocycles. The number of rotatable bonds is 4. The van der Waals surface area contributed by atoms with Crippen LogP contribution in [0.4, 0.5) is 8.78 Å². The van der Waals surface area contributed by atoms with Crippen molar-refractivity contribution in [3.05, 3.63) is 63.6 Å². The van der Waals surface area contributed by atoms with Gasteiger partial charge < -0.3 is 9.84 Å². The second-order valence-corrected chi connectivity index (χ2v) is 5.23. The monoisotopic (exact) mass is 342 g/mol. The minimum atomic E-state index is -0.987. The summed E-state index contributed by atoms with van der Waals surface area (Å²) in [6, 6.07) is 9.08. The summed E-state index contributed by atoms with van der Waals surface area (Å²) in [6.45, 7) is 0. The third-order valence-corrected chi connectivity index (χ3v) is 3.49. The number of hydrogen-bond donors (Lipinski definition) is 1. The van der Waals surface area contributed by atoms with Gasteiger partial charge in [0.2, 0.25) is 0 Å². The van der Waals surface area contributed by atoms with Gasteiger partial charge in [-0.15, -0.1) is 0 Å². The second-order valence-electron chi connectivity index (χ2n) is 4.32. The van der Waals surface area contributed by atoms with Gasteiger partial charge in [0, 0.05) is 16.5 Å². The lowest BCUT2D eigenvalue weighted by atomic mass is 10.00. The zero-order chi connectivity index (χ0) is 14.7. The fourth-order valence-electron chi connectivity index (χ4n) is 1.99. The van der Waals surface area contributed by atoms with E-state index in [-0.39, 0.29) is 12.0 Å². The highest BCUT2D eigenvalue weighted by atomic mass is 79.9. The van der Waals surface area contributed by atoms with Crippen LogP contribution in [0.25, 0.3) is 0 Å². The van der Waals surface area contributed by atoms with Crippen LogP contribution in [0.5, 0.6) is 5.75 Å². The Labute approximate surface area is 124 Å². The lowest BCUT2D eigenvalue weighted by molar-refractivity contribution is 0.172. The number of ether oxygens (including phenoxy) is 1. The molecule has 1 atom stereocenters. The molecule has 2 aromatic rings. The van der Waals surface area contributed by atoms with E-state index in [1.165, 1.54) is 19.2 Å². The molecule has 0 fully saturated rings. The maximum Gasteiger partial charge on any atom is 0.162 e. The Hall–Kier alpha value is -1.46. The highest BCUT2D eigenvalue weighted by molar-refractivity contribution is 9.10. The van der Waals surface area contributed by atoms with E-state index in [1.807, 2.05) is 0 Å². The van der Waals surface area contributed by atoms with Crippen LogP contribution in [0.2, 0.25) is 0 Å². The smallest absolute Gasteiger partial charge is 0.162 e. The Morgan fingerprint density at radius 1 is 1.25 bits per heavy atom. The first-order chi connectivity index (χ1) is 9.52. The first-order valence-corrected chi connectivity index (χ1v) is 6.76. The highest BCUT2D eigenvalue weighted by Crippen LogP contribution is 2.31. The molecule has 2 aromatic carbocycles. The van der Waals surface area contributed by atoms with Gasteiger partial charge in [-0.25, -0.2) is 8.78 Å². The molecule has 0 heterocycles. The molecule has 0 saturated carbocycles. The SMILES string of the molecule is COc1ccc(Br)cc1C(O)Cc1cccc(F)c1F. The number of halogens is 3. The lowest BCUT2D eigenvalue weighted by Crippen LogP contribution is -2.06. The van der Waals surface area contributed by atoms with Crippen molar-refractivity contribution in [3.8, 4) is 5.75 Å². The highest BCUT2D eigenvalue weighted by Gasteiger charge is 2.17. The van der Waals surface area contributed by atoms with Gasteiger partial charge in [0.25, 0.3) is 0 Å². The van der Waals surface area contributed by atoms with E-state index in [4.69, 9.17) is 4.74 Å². The van der Waals surface area contributed by atoms with Gasteiger partial charge in [-0.05, 0) is 29.8 Å². The van der Waals surface area contributed by atoms with Crippen molar-refractivity contribution in [2.45, 2.75) is 12.5 Å². The predicted octanol–water partition coefficient (Wildman–Crippen LogP) is 4.01. The topological polar surface area (TPSA) is 29.5 Å². The van der Waals surface area contributed by atoms with Crippen molar-refractivity contribution in [1.29, 1.82) is 0 Å². The molecular weight excluding hydrogens is 330 g/mol. The molecule has 106 valence electrons. The molecule has 0 aliphatic rings. The molecule has 0 amide bonds. The number of aliphatic hydroxyl groups excluding tert-OH is 1. The van der Waals surface area contributed by atoms with Gasteiger partial charge in [-0.1, -0.05) is 28.1 Å². The maximum absolute atomic E-state index is 13.6. The quantitative estimate of drug-likeness (QED) is 0.909. The fraction of sp³-hybridized carbons (Fsp3) is 0.200. The van der Waals surface area contributed by atoms with Crippen molar-refractivity contribution >= 4 is 15.9 Å². The van der Waals surface area contributed by atoms with Crippen LogP contribution in [0.15, 0.2) is 40.9 Å². The van der Waals surface area contributed by atoms with Gasteiger partial charge in [-0.3, -0.25) is 0 Å². The first kappa shape index (κ1) is 14.9. The molecule has 0 spiro atoms. The van der Waals surface area contributed by atoms with E-state index < -0.39 is 17.7 Å². The molecule has 20 heavy (non-hydrogen) atoms. The lowest BCUT2D eigenvalue weighted by Gasteiger charge is -2.15. The van der Waals surface area contributed by atoms with Crippen LogP contribution in [0, 0.1) is 11.6 Å². The molecule has 2 rings (SSSR count). The van der Waals surface area contributed by atoms with Gasteiger partial charge >= 0.3 is 0 Å². The van der Waals surface area contributed by atoms with E-state index in [0.29, 0.717) is 11.3 Å². The van der Waals surface area contributed by atoms with Gasteiger partial charge in [0.15, 0.2) is 11.6 Å². The van der Waals surface area contributed by atoms with E-state index in [0.717, 1.165) is 10.5 Å². The van der Waals surface area contributed by atoms with E-state index >= 15 is 0 Å². The van der Waals surface area contributed by atoms with Gasteiger partial charge in [0.05, 0.1) is 13.2 Å². The Bertz CT molecular complexity index is 617. The van der Waals surface area contributed by atoms with Crippen molar-refractivity contribution in [2.75, 3.05) is 7.11 Å². The second kappa shape index (κ2) is 6.33. The molecule has 0 radical (unpaired) electrons. The van der Waals surface area contributed by atoms with Crippen LogP contribution in [0.3, 0.4) is 0 Å². The summed E-state index contributed by atoms with van der Waals surface area (Å²) < 4.78 is 32.7. The van der Waals surface area contributed by atoms with E-state index in [1.54, 1.807) is 18.2 Å². The molecule has 0 bridgehead atoms. The summed E-state index contributed by atoms with van der Waals surface area (Å²) in [7, 11) is 1.49. The Balaban J connectivity index is 2.30. The Kier molecular flexibility index (Phi) is 4.73. The minimum absolute atomic E-state index is 0.0313. The molecular formula is C15H13BrF2O2. The normalized spacial score (nSPS) is 12.2. The average Bonchev–Trinajstić information content (AvgIpc) is 2.43. The molecule has 1 N–H and O–H groups in total. The standard InChI is InChI=1S/C15H13BrF2O2/c1-20-14-6-5-10(16)8-11(14)13(19)7-9-3-2-4-12(17)15(9)18/h2-6,8,13,19H,7H2,1H3.